The first kappa shape index (κ1) is 18.9. The zero-order valence-corrected chi connectivity index (χ0v) is 17.6. The Balaban J connectivity index is 1.77. The smallest absolute Gasteiger partial charge is 0.127 e. The predicted molar refractivity (Wildman–Crippen MR) is 134 cm³/mol. The average molecular weight is 415 g/mol. The maximum atomic E-state index is 9.30. The summed E-state index contributed by atoms with van der Waals surface area (Å²) in [6.45, 7) is 0.270. The van der Waals surface area contributed by atoms with Gasteiger partial charge in [-0.25, -0.2) is 0 Å². The van der Waals surface area contributed by atoms with E-state index in [0.29, 0.717) is 0 Å². The first-order chi connectivity index (χ1) is 15.8. The second-order valence-electron chi connectivity index (χ2n) is 8.08. The molecule has 6 aromatic carbocycles. The molecule has 0 unspecified atom stereocenters. The van der Waals surface area contributed by atoms with Crippen molar-refractivity contribution in [3.05, 3.63) is 103 Å². The molecule has 0 radical (unpaired) electrons. The van der Waals surface area contributed by atoms with Crippen molar-refractivity contribution in [3.63, 3.8) is 0 Å². The summed E-state index contributed by atoms with van der Waals surface area (Å²) in [6, 6.07) is 36.5. The lowest BCUT2D eigenvalue weighted by Gasteiger charge is -2.16. The van der Waals surface area contributed by atoms with Crippen molar-refractivity contribution in [2.75, 3.05) is 13.2 Å². The Hall–Kier alpha value is -3.88. The molecule has 0 saturated carbocycles. The molecule has 1 N–H and O–H groups in total. The highest BCUT2D eigenvalue weighted by atomic mass is 16.5. The van der Waals surface area contributed by atoms with Crippen molar-refractivity contribution >= 4 is 43.1 Å². The van der Waals surface area contributed by atoms with Gasteiger partial charge in [0.05, 0.1) is 6.61 Å². The van der Waals surface area contributed by atoms with Crippen LogP contribution in [0.5, 0.6) is 5.75 Å². The zero-order valence-electron chi connectivity index (χ0n) is 17.6. The van der Waals surface area contributed by atoms with Crippen molar-refractivity contribution in [2.45, 2.75) is 0 Å². The fraction of sp³-hybridized carbons (Fsp3) is 0.0667. The van der Waals surface area contributed by atoms with Gasteiger partial charge in [-0.2, -0.15) is 0 Å². The molecule has 0 saturated heterocycles. The third kappa shape index (κ3) is 2.92. The van der Waals surface area contributed by atoms with E-state index in [1.165, 1.54) is 43.4 Å². The average Bonchev–Trinajstić information content (AvgIpc) is 2.86. The van der Waals surface area contributed by atoms with E-state index in [1.54, 1.807) is 0 Å². The molecule has 0 atom stereocenters. The van der Waals surface area contributed by atoms with Crippen LogP contribution in [0.3, 0.4) is 0 Å². The number of fused-ring (bicyclic) bond motifs is 6. The van der Waals surface area contributed by atoms with Crippen LogP contribution < -0.4 is 4.74 Å². The molecule has 0 bridgehead atoms. The third-order valence-corrected chi connectivity index (χ3v) is 6.27. The van der Waals surface area contributed by atoms with Crippen LogP contribution in [0, 0.1) is 0 Å². The van der Waals surface area contributed by atoms with Crippen LogP contribution in [-0.4, -0.2) is 18.3 Å². The molecule has 0 aliphatic rings. The molecule has 0 aliphatic heterocycles. The molecular weight excluding hydrogens is 392 g/mol. The summed E-state index contributed by atoms with van der Waals surface area (Å²) in [4.78, 5) is 0. The zero-order chi connectivity index (χ0) is 21.5. The van der Waals surface area contributed by atoms with Crippen molar-refractivity contribution in [1.82, 2.24) is 0 Å². The number of rotatable bonds is 4. The summed E-state index contributed by atoms with van der Waals surface area (Å²) in [5.74, 6) is 0.800. The number of ether oxygens (including phenoxy) is 1. The van der Waals surface area contributed by atoms with Crippen molar-refractivity contribution in [1.29, 1.82) is 0 Å². The van der Waals surface area contributed by atoms with Crippen LogP contribution in [0.2, 0.25) is 0 Å². The van der Waals surface area contributed by atoms with Crippen molar-refractivity contribution in [3.8, 4) is 16.9 Å². The standard InChI is InChI=1S/C30H22O2/c31-16-17-32-30-15-7-14-26-23-11-4-6-13-25(23)28(19-29(26)30)27-18-20-8-1-2-9-21(20)22-10-3-5-12-24(22)27/h1-15,18-19,31H,16-17H2. The van der Waals surface area contributed by atoms with E-state index in [-0.39, 0.29) is 13.2 Å². The van der Waals surface area contributed by atoms with Gasteiger partial charge in [0.2, 0.25) is 0 Å². The molecule has 0 aliphatic carbocycles. The van der Waals surface area contributed by atoms with E-state index in [1.807, 2.05) is 12.1 Å². The summed E-state index contributed by atoms with van der Waals surface area (Å²) < 4.78 is 5.92. The van der Waals surface area contributed by atoms with Crippen LogP contribution in [0.15, 0.2) is 103 Å². The SMILES string of the molecule is OCCOc1cccc2c1cc(-c1cc3ccccc3c3ccccc13)c1ccccc12. The Kier molecular flexibility index (Phi) is 4.52. The lowest BCUT2D eigenvalue weighted by atomic mass is 9.88. The van der Waals surface area contributed by atoms with Gasteiger partial charge in [-0.15, -0.1) is 0 Å². The van der Waals surface area contributed by atoms with E-state index < -0.39 is 0 Å². The normalized spacial score (nSPS) is 11.5. The molecule has 154 valence electrons. The fourth-order valence-electron chi connectivity index (χ4n) is 4.88. The maximum absolute atomic E-state index is 9.30. The fourth-order valence-corrected chi connectivity index (χ4v) is 4.88. The van der Waals surface area contributed by atoms with Gasteiger partial charge in [-0.3, -0.25) is 0 Å². The van der Waals surface area contributed by atoms with Crippen LogP contribution in [0.1, 0.15) is 0 Å². The molecule has 0 fully saturated rings. The van der Waals surface area contributed by atoms with Crippen molar-refractivity contribution in [2.24, 2.45) is 0 Å². The molecule has 6 rings (SSSR count). The highest BCUT2D eigenvalue weighted by molar-refractivity contribution is 6.20. The van der Waals surface area contributed by atoms with E-state index in [2.05, 4.69) is 91.0 Å². The Morgan fingerprint density at radius 2 is 1.03 bits per heavy atom. The maximum Gasteiger partial charge on any atom is 0.127 e. The van der Waals surface area contributed by atoms with E-state index in [0.717, 1.165) is 16.5 Å². The molecule has 6 aromatic rings. The van der Waals surface area contributed by atoms with E-state index in [9.17, 15) is 5.11 Å². The molecule has 32 heavy (non-hydrogen) atoms. The van der Waals surface area contributed by atoms with Gasteiger partial charge in [-0.1, -0.05) is 84.9 Å². The summed E-state index contributed by atoms with van der Waals surface area (Å²) in [7, 11) is 0. The second-order valence-corrected chi connectivity index (χ2v) is 8.08. The minimum atomic E-state index is -0.00780. The number of hydrogen-bond donors (Lipinski definition) is 1. The summed E-state index contributed by atoms with van der Waals surface area (Å²) >= 11 is 0. The van der Waals surface area contributed by atoms with Crippen LogP contribution in [-0.2, 0) is 0 Å². The second kappa shape index (κ2) is 7.67. The summed E-state index contributed by atoms with van der Waals surface area (Å²) in [5.41, 5.74) is 2.41. The van der Waals surface area contributed by atoms with Gasteiger partial charge in [0.15, 0.2) is 0 Å². The first-order valence-electron chi connectivity index (χ1n) is 10.9. The van der Waals surface area contributed by atoms with Gasteiger partial charge in [-0.05, 0) is 67.0 Å². The predicted octanol–water partition coefficient (Wildman–Crippen LogP) is 7.34. The number of hydrogen-bond acceptors (Lipinski definition) is 2. The van der Waals surface area contributed by atoms with Gasteiger partial charge < -0.3 is 9.84 Å². The lowest BCUT2D eigenvalue weighted by Crippen LogP contribution is -2.02. The van der Waals surface area contributed by atoms with E-state index >= 15 is 0 Å². The Morgan fingerprint density at radius 3 is 1.75 bits per heavy atom. The molecular formula is C30H22O2. The minimum absolute atomic E-state index is 0.00780. The first-order valence-corrected chi connectivity index (χ1v) is 10.9. The summed E-state index contributed by atoms with van der Waals surface area (Å²) in [6.07, 6.45) is 0. The number of aliphatic hydroxyl groups is 1. The molecule has 2 heteroatoms. The van der Waals surface area contributed by atoms with Gasteiger partial charge >= 0.3 is 0 Å². The Morgan fingerprint density at radius 1 is 0.500 bits per heavy atom. The monoisotopic (exact) mass is 414 g/mol. The lowest BCUT2D eigenvalue weighted by molar-refractivity contribution is 0.203. The van der Waals surface area contributed by atoms with Gasteiger partial charge in [0.1, 0.15) is 12.4 Å². The van der Waals surface area contributed by atoms with Gasteiger partial charge in [0.25, 0.3) is 0 Å². The topological polar surface area (TPSA) is 29.5 Å². The highest BCUT2D eigenvalue weighted by Gasteiger charge is 2.15. The van der Waals surface area contributed by atoms with Crippen LogP contribution in [0.25, 0.3) is 54.2 Å². The van der Waals surface area contributed by atoms with Gasteiger partial charge in [0, 0.05) is 5.39 Å². The quantitative estimate of drug-likeness (QED) is 0.306. The molecule has 0 spiro atoms. The molecule has 0 amide bonds. The molecule has 0 aromatic heterocycles. The largest absolute Gasteiger partial charge is 0.491 e. The molecule has 0 heterocycles. The molecule has 2 nitrogen and oxygen atoms in total. The van der Waals surface area contributed by atoms with Crippen LogP contribution >= 0.6 is 0 Å². The summed E-state index contributed by atoms with van der Waals surface area (Å²) in [5, 5.41) is 18.9. The third-order valence-electron chi connectivity index (χ3n) is 6.27. The highest BCUT2D eigenvalue weighted by Crippen LogP contribution is 2.42. The number of aliphatic hydroxyl groups excluding tert-OH is 1. The minimum Gasteiger partial charge on any atom is -0.491 e. The Labute approximate surface area is 186 Å². The number of benzene rings is 6. The van der Waals surface area contributed by atoms with Crippen LogP contribution in [0.4, 0.5) is 0 Å². The van der Waals surface area contributed by atoms with E-state index in [4.69, 9.17) is 4.74 Å². The Bertz CT molecular complexity index is 1610. The van der Waals surface area contributed by atoms with Crippen molar-refractivity contribution < 1.29 is 9.84 Å².